The van der Waals surface area contributed by atoms with Gasteiger partial charge in [0.15, 0.2) is 0 Å². The Morgan fingerprint density at radius 2 is 2.22 bits per heavy atom. The van der Waals surface area contributed by atoms with Crippen LogP contribution in [0.25, 0.3) is 6.05 Å². The number of halogens is 1. The summed E-state index contributed by atoms with van der Waals surface area (Å²) >= 11 is 0. The fraction of sp³-hybridized carbons (Fsp3) is 0. The third-order valence-corrected chi connectivity index (χ3v) is 0.989. The molecule has 1 rings (SSSR count). The van der Waals surface area contributed by atoms with Crippen molar-refractivity contribution < 1.29 is 8.50 Å². The number of hydrogen-bond donors (Lipinski definition) is 0. The number of hydrogen-bond acceptors (Lipinski definition) is 0. The molecule has 0 fully saturated rings. The highest BCUT2D eigenvalue weighted by atomic mass is 19.1. The first-order valence-electron chi connectivity index (χ1n) is 4.01. The van der Waals surface area contributed by atoms with Gasteiger partial charge in [-0.2, -0.15) is 0 Å². The van der Waals surface area contributed by atoms with Crippen LogP contribution in [0.2, 0.25) is 0 Å². The van der Waals surface area contributed by atoms with Crippen molar-refractivity contribution in [3.8, 4) is 0 Å². The average Bonchev–Trinajstić information content (AvgIpc) is 2.04. The maximum atomic E-state index is 12.4. The van der Waals surface area contributed by atoms with E-state index in [1.807, 2.05) is 0 Å². The maximum Gasteiger partial charge on any atom is 0.123 e. The Kier molecular flexibility index (Phi) is 0.858. The van der Waals surface area contributed by atoms with Gasteiger partial charge in [0.1, 0.15) is 5.82 Å². The van der Waals surface area contributed by atoms with Crippen LogP contribution in [-0.4, -0.2) is 0 Å². The van der Waals surface area contributed by atoms with E-state index in [2.05, 4.69) is 0 Å². The third kappa shape index (κ3) is 1.39. The summed E-state index contributed by atoms with van der Waals surface area (Å²) < 4.78 is 33.3. The lowest BCUT2D eigenvalue weighted by atomic mass is 10.2. The molecular formula is C8H7F. The third-order valence-electron chi connectivity index (χ3n) is 0.989. The molecule has 0 aliphatic heterocycles. The van der Waals surface area contributed by atoms with Gasteiger partial charge in [-0.25, -0.2) is 4.39 Å². The van der Waals surface area contributed by atoms with Gasteiger partial charge >= 0.3 is 0 Å². The van der Waals surface area contributed by atoms with E-state index in [1.54, 1.807) is 0 Å². The molecule has 1 aromatic carbocycles. The SMILES string of the molecule is [2H]C([2H])=C([2H])c1ccc(F)cc1. The quantitative estimate of drug-likeness (QED) is 0.541. The molecule has 0 saturated carbocycles. The highest BCUT2D eigenvalue weighted by molar-refractivity contribution is 5.45. The van der Waals surface area contributed by atoms with Gasteiger partial charge in [-0.1, -0.05) is 24.7 Å². The molecule has 0 unspecified atom stereocenters. The molecule has 9 heavy (non-hydrogen) atoms. The van der Waals surface area contributed by atoms with Gasteiger partial charge in [0.05, 0.1) is 4.11 Å². The average molecular weight is 125 g/mol. The molecule has 1 heteroatoms. The highest BCUT2D eigenvalue weighted by Gasteiger charge is 1.85. The van der Waals surface area contributed by atoms with Crippen LogP contribution in [0.15, 0.2) is 30.8 Å². The summed E-state index contributed by atoms with van der Waals surface area (Å²) in [5, 5.41) is 0. The van der Waals surface area contributed by atoms with Crippen LogP contribution in [0.3, 0.4) is 0 Å². The maximum absolute atomic E-state index is 12.4. The molecular weight excluding hydrogens is 115 g/mol. The Bertz CT molecular complexity index is 299. The molecule has 0 atom stereocenters. The second-order valence-corrected chi connectivity index (χ2v) is 1.63. The van der Waals surface area contributed by atoms with Crippen LogP contribution in [0.4, 0.5) is 4.39 Å². The Morgan fingerprint density at radius 1 is 1.56 bits per heavy atom. The van der Waals surface area contributed by atoms with Crippen LogP contribution in [0.5, 0.6) is 0 Å². The molecule has 0 aliphatic rings. The van der Waals surface area contributed by atoms with Crippen molar-refractivity contribution in [1.82, 2.24) is 0 Å². The van der Waals surface area contributed by atoms with Gasteiger partial charge in [0, 0.05) is 0 Å². The molecule has 0 bridgehead atoms. The van der Waals surface area contributed by atoms with Crippen LogP contribution in [0.1, 0.15) is 9.68 Å². The van der Waals surface area contributed by atoms with Crippen molar-refractivity contribution in [1.29, 1.82) is 0 Å². The molecule has 0 aliphatic carbocycles. The van der Waals surface area contributed by atoms with Crippen LogP contribution < -0.4 is 0 Å². The summed E-state index contributed by atoms with van der Waals surface area (Å²) in [5.41, 5.74) is 0.386. The summed E-state index contributed by atoms with van der Waals surface area (Å²) in [6.07, 6.45) is 0. The first kappa shape index (κ1) is 3.16. The van der Waals surface area contributed by atoms with Crippen molar-refractivity contribution in [2.24, 2.45) is 0 Å². The van der Waals surface area contributed by atoms with Gasteiger partial charge in [-0.15, -0.1) is 0 Å². The largest absolute Gasteiger partial charge is 0.207 e. The Hall–Kier alpha value is -1.11. The molecule has 0 amide bonds. The van der Waals surface area contributed by atoms with Crippen molar-refractivity contribution in [2.75, 3.05) is 0 Å². The second-order valence-electron chi connectivity index (χ2n) is 1.63. The number of benzene rings is 1. The fourth-order valence-corrected chi connectivity index (χ4v) is 0.533. The lowest BCUT2D eigenvalue weighted by molar-refractivity contribution is 0.628. The summed E-state index contributed by atoms with van der Waals surface area (Å²) in [5.74, 6) is -0.386. The van der Waals surface area contributed by atoms with E-state index >= 15 is 0 Å². The minimum Gasteiger partial charge on any atom is -0.207 e. The van der Waals surface area contributed by atoms with E-state index in [9.17, 15) is 4.39 Å². The second kappa shape index (κ2) is 2.44. The highest BCUT2D eigenvalue weighted by Crippen LogP contribution is 2.02. The predicted molar refractivity (Wildman–Crippen MR) is 36.5 cm³/mol. The Morgan fingerprint density at radius 3 is 2.78 bits per heavy atom. The summed E-state index contributed by atoms with van der Waals surface area (Å²) in [6, 6.07) is 4.95. The van der Waals surface area contributed by atoms with Crippen LogP contribution in [0, 0.1) is 5.82 Å². The van der Waals surface area contributed by atoms with E-state index in [1.165, 1.54) is 24.3 Å². The van der Waals surface area contributed by atoms with Gasteiger partial charge < -0.3 is 0 Å². The minimum absolute atomic E-state index is 0.199. The first-order chi connectivity index (χ1) is 5.61. The normalized spacial score (nSPS) is 13.2. The lowest BCUT2D eigenvalue weighted by Gasteiger charge is -1.88. The molecule has 0 radical (unpaired) electrons. The van der Waals surface area contributed by atoms with Crippen molar-refractivity contribution in [2.45, 2.75) is 0 Å². The fourth-order valence-electron chi connectivity index (χ4n) is 0.533. The summed E-state index contributed by atoms with van der Waals surface area (Å²) in [4.78, 5) is 0. The monoisotopic (exact) mass is 125 g/mol. The predicted octanol–water partition coefficient (Wildman–Crippen LogP) is 2.47. The molecule has 0 aromatic heterocycles. The van der Waals surface area contributed by atoms with Crippen molar-refractivity contribution in [3.05, 3.63) is 42.2 Å². The van der Waals surface area contributed by atoms with Crippen molar-refractivity contribution in [3.63, 3.8) is 0 Å². The molecule has 0 heterocycles. The van der Waals surface area contributed by atoms with Gasteiger partial charge in [0.2, 0.25) is 0 Å². The van der Waals surface area contributed by atoms with E-state index in [-0.39, 0.29) is 11.9 Å². The van der Waals surface area contributed by atoms with Gasteiger partial charge in [-0.3, -0.25) is 0 Å². The first-order valence-corrected chi connectivity index (χ1v) is 2.51. The van der Waals surface area contributed by atoms with Gasteiger partial charge in [0.25, 0.3) is 0 Å². The molecule has 0 saturated heterocycles. The smallest absolute Gasteiger partial charge is 0.123 e. The Labute approximate surface area is 57.9 Å². The molecule has 0 spiro atoms. The topological polar surface area (TPSA) is 0 Å². The number of rotatable bonds is 1. The van der Waals surface area contributed by atoms with E-state index in [0.717, 1.165) is 0 Å². The van der Waals surface area contributed by atoms with E-state index < -0.39 is 6.53 Å². The van der Waals surface area contributed by atoms with Crippen LogP contribution >= 0.6 is 0 Å². The standard InChI is InChI=1S/C8H7F/c1-2-7-3-5-8(9)6-4-7/h2-6H,1H2/i1D2,2D. The molecule has 46 valence electrons. The zero-order valence-electron chi connectivity index (χ0n) is 7.69. The molecule has 1 aromatic rings. The van der Waals surface area contributed by atoms with Gasteiger partial charge in [-0.05, 0) is 17.7 Å². The van der Waals surface area contributed by atoms with Crippen molar-refractivity contribution >= 4 is 6.05 Å². The van der Waals surface area contributed by atoms with E-state index in [0.29, 0.717) is 5.56 Å². The Balaban J connectivity index is 3.06. The van der Waals surface area contributed by atoms with E-state index in [4.69, 9.17) is 4.11 Å². The van der Waals surface area contributed by atoms with Crippen LogP contribution in [-0.2, 0) is 0 Å². The summed E-state index contributed by atoms with van der Waals surface area (Å²) in [7, 11) is 0. The lowest BCUT2D eigenvalue weighted by Crippen LogP contribution is -1.72. The zero-order valence-corrected chi connectivity index (χ0v) is 4.69. The molecule has 0 N–H and O–H groups in total. The summed E-state index contributed by atoms with van der Waals surface area (Å²) in [6.45, 7) is -0.568. The molecule has 0 nitrogen and oxygen atoms in total. The minimum atomic E-state index is -0.568. The zero-order chi connectivity index (χ0) is 9.14.